The van der Waals surface area contributed by atoms with Gasteiger partial charge in [-0.15, -0.1) is 0 Å². The first kappa shape index (κ1) is 46.1. The monoisotopic (exact) mass is 700 g/mol. The van der Waals surface area contributed by atoms with Gasteiger partial charge in [0.1, 0.15) is 6.10 Å². The molecule has 9 heteroatoms. The molecule has 1 saturated carbocycles. The van der Waals surface area contributed by atoms with E-state index in [1.165, 1.54) is 128 Å². The molecule has 7 unspecified atom stereocenters. The Morgan fingerprint density at radius 3 is 1.55 bits per heavy atom. The first-order valence-corrected chi connectivity index (χ1v) is 21.0. The second-order valence-electron chi connectivity index (χ2n) is 15.1. The lowest BCUT2D eigenvalue weighted by Gasteiger charge is -2.34. The Bertz CT molecular complexity index is 747. The van der Waals surface area contributed by atoms with Crippen LogP contribution in [0.4, 0.5) is 4.79 Å². The molecule has 0 aromatic heterocycles. The van der Waals surface area contributed by atoms with Gasteiger partial charge in [-0.05, 0) is 25.7 Å². The van der Waals surface area contributed by atoms with Crippen molar-refractivity contribution in [2.45, 2.75) is 236 Å². The molecule has 292 valence electrons. The Morgan fingerprint density at radius 1 is 0.633 bits per heavy atom. The van der Waals surface area contributed by atoms with Gasteiger partial charge in [0.2, 0.25) is 0 Å². The summed E-state index contributed by atoms with van der Waals surface area (Å²) < 4.78 is 0. The Hall–Kier alpha value is -0.970. The number of amides is 2. The molecule has 7 atom stereocenters. The normalized spacial score (nSPS) is 21.9. The summed E-state index contributed by atoms with van der Waals surface area (Å²) in [6, 6.07) is -1.54. The van der Waals surface area contributed by atoms with Gasteiger partial charge < -0.3 is 41.5 Å². The summed E-state index contributed by atoms with van der Waals surface area (Å²) in [5.74, 6) is 0. The van der Waals surface area contributed by atoms with Gasteiger partial charge in [0, 0.05) is 25.6 Å². The number of aliphatic hydroxyl groups excluding tert-OH is 5. The number of hydrogen-bond acceptors (Lipinski definition) is 7. The lowest BCUT2D eigenvalue weighted by molar-refractivity contribution is -0.0817. The molecule has 0 bridgehead atoms. The Morgan fingerprint density at radius 2 is 1.08 bits per heavy atom. The summed E-state index contributed by atoms with van der Waals surface area (Å²) in [4.78, 5) is 12.7. The van der Waals surface area contributed by atoms with E-state index in [2.05, 4.69) is 22.9 Å². The van der Waals surface area contributed by atoms with Crippen LogP contribution in [-0.4, -0.2) is 87.3 Å². The molecule has 0 aromatic rings. The first-order valence-electron chi connectivity index (χ1n) is 21.0. The number of carbonyl (C=O) groups is 1. The highest BCUT2D eigenvalue weighted by Gasteiger charge is 2.33. The number of urea groups is 1. The van der Waals surface area contributed by atoms with Crippen molar-refractivity contribution in [3.8, 4) is 0 Å². The van der Waals surface area contributed by atoms with Crippen LogP contribution in [0.15, 0.2) is 0 Å². The van der Waals surface area contributed by atoms with Gasteiger partial charge >= 0.3 is 6.03 Å². The molecule has 0 aromatic carbocycles. The molecule has 8 N–H and O–H groups in total. The minimum Gasteiger partial charge on any atom is -0.393 e. The van der Waals surface area contributed by atoms with Gasteiger partial charge in [-0.25, -0.2) is 4.79 Å². The van der Waals surface area contributed by atoms with Crippen molar-refractivity contribution in [1.29, 1.82) is 0 Å². The highest BCUT2D eigenvalue weighted by molar-refractivity contribution is 5.74. The van der Waals surface area contributed by atoms with Crippen LogP contribution in [-0.2, 0) is 0 Å². The molecule has 1 fully saturated rings. The Labute approximate surface area is 301 Å². The van der Waals surface area contributed by atoms with E-state index in [1.54, 1.807) is 0 Å². The van der Waals surface area contributed by atoms with Crippen LogP contribution in [0.1, 0.15) is 194 Å². The molecular formula is C40H81N3O6. The van der Waals surface area contributed by atoms with E-state index >= 15 is 0 Å². The standard InChI is InChI=1S/C40H81N3O6/c1-3-5-6-7-8-9-10-11-12-13-14-15-16-17-18-19-20-21-22-23-24-27-30-41-40(49)43-35(37(46)31-33(44)4-2)32-42-34-28-25-26-29-36(45)39(48)38(34)47/h33-39,42,44-48H,3-32H2,1-2H3,(H2,41,43,49). The van der Waals surface area contributed by atoms with Crippen LogP contribution in [0.25, 0.3) is 0 Å². The molecule has 1 aliphatic rings. The highest BCUT2D eigenvalue weighted by atomic mass is 16.4. The second kappa shape index (κ2) is 31.7. The number of unbranched alkanes of at least 4 members (excludes halogenated alkanes) is 21. The van der Waals surface area contributed by atoms with E-state index in [4.69, 9.17) is 0 Å². The maximum Gasteiger partial charge on any atom is 0.315 e. The summed E-state index contributed by atoms with van der Waals surface area (Å²) in [7, 11) is 0. The molecule has 0 aliphatic heterocycles. The van der Waals surface area contributed by atoms with Gasteiger partial charge in [0.25, 0.3) is 0 Å². The minimum absolute atomic E-state index is 0.122. The summed E-state index contributed by atoms with van der Waals surface area (Å²) in [6.07, 6.45) is 27.7. The van der Waals surface area contributed by atoms with Gasteiger partial charge in [-0.2, -0.15) is 0 Å². The van der Waals surface area contributed by atoms with Crippen molar-refractivity contribution < 1.29 is 30.3 Å². The van der Waals surface area contributed by atoms with Crippen molar-refractivity contribution in [3.05, 3.63) is 0 Å². The van der Waals surface area contributed by atoms with Crippen LogP contribution >= 0.6 is 0 Å². The van der Waals surface area contributed by atoms with E-state index in [0.29, 0.717) is 25.8 Å². The topological polar surface area (TPSA) is 154 Å². The third kappa shape index (κ3) is 24.8. The van der Waals surface area contributed by atoms with E-state index in [0.717, 1.165) is 25.7 Å². The van der Waals surface area contributed by atoms with Crippen molar-refractivity contribution in [3.63, 3.8) is 0 Å². The average Bonchev–Trinajstić information content (AvgIpc) is 3.09. The first-order chi connectivity index (χ1) is 23.8. The van der Waals surface area contributed by atoms with E-state index in [-0.39, 0.29) is 19.0 Å². The van der Waals surface area contributed by atoms with Crippen LogP contribution in [0.2, 0.25) is 0 Å². The van der Waals surface area contributed by atoms with Crippen molar-refractivity contribution in [2.24, 2.45) is 0 Å². The third-order valence-corrected chi connectivity index (χ3v) is 10.6. The van der Waals surface area contributed by atoms with Crippen LogP contribution < -0.4 is 16.0 Å². The lowest BCUT2D eigenvalue weighted by Crippen LogP contribution is -2.57. The molecule has 0 spiro atoms. The van der Waals surface area contributed by atoms with Crippen molar-refractivity contribution in [2.75, 3.05) is 13.1 Å². The number of hydrogen-bond donors (Lipinski definition) is 8. The maximum absolute atomic E-state index is 12.7. The molecule has 1 rings (SSSR count). The molecule has 0 heterocycles. The van der Waals surface area contributed by atoms with Gasteiger partial charge in [-0.1, -0.05) is 162 Å². The van der Waals surface area contributed by atoms with E-state index < -0.39 is 42.6 Å². The molecular weight excluding hydrogens is 618 g/mol. The molecule has 0 saturated heterocycles. The van der Waals surface area contributed by atoms with Crippen molar-refractivity contribution in [1.82, 2.24) is 16.0 Å². The Kier molecular flexibility index (Phi) is 29.8. The number of rotatable bonds is 31. The van der Waals surface area contributed by atoms with Crippen LogP contribution in [0.3, 0.4) is 0 Å². The SMILES string of the molecule is CCCCCCCCCCCCCCCCCCCCCCCCNC(=O)NC(CNC1CCCCC(O)C(O)C1O)C(O)CC(O)CC. The summed E-state index contributed by atoms with van der Waals surface area (Å²) in [6.45, 7) is 4.84. The minimum atomic E-state index is -1.25. The average molecular weight is 700 g/mol. The van der Waals surface area contributed by atoms with Gasteiger partial charge in [-0.3, -0.25) is 0 Å². The largest absolute Gasteiger partial charge is 0.393 e. The zero-order valence-electron chi connectivity index (χ0n) is 31.9. The predicted molar refractivity (Wildman–Crippen MR) is 203 cm³/mol. The fourth-order valence-electron chi connectivity index (χ4n) is 7.07. The fourth-order valence-corrected chi connectivity index (χ4v) is 7.07. The molecule has 9 nitrogen and oxygen atoms in total. The van der Waals surface area contributed by atoms with E-state index in [9.17, 15) is 30.3 Å². The maximum atomic E-state index is 12.7. The van der Waals surface area contributed by atoms with Crippen LogP contribution in [0, 0.1) is 0 Å². The lowest BCUT2D eigenvalue weighted by atomic mass is 9.90. The number of aliphatic hydroxyl groups is 5. The highest BCUT2D eigenvalue weighted by Crippen LogP contribution is 2.20. The molecule has 0 radical (unpaired) electrons. The van der Waals surface area contributed by atoms with Gasteiger partial charge in [0.15, 0.2) is 0 Å². The quantitative estimate of drug-likeness (QED) is 0.0351. The number of nitrogens with one attached hydrogen (secondary N) is 3. The fraction of sp³-hybridized carbons (Fsp3) is 0.975. The molecule has 49 heavy (non-hydrogen) atoms. The Balaban J connectivity index is 2.09. The second-order valence-corrected chi connectivity index (χ2v) is 15.1. The summed E-state index contributed by atoms with van der Waals surface area (Å²) in [5, 5.41) is 60.8. The zero-order chi connectivity index (χ0) is 36.0. The van der Waals surface area contributed by atoms with Crippen molar-refractivity contribution >= 4 is 6.03 Å². The predicted octanol–water partition coefficient (Wildman–Crippen LogP) is 7.39. The number of carbonyl (C=O) groups excluding carboxylic acids is 1. The smallest absolute Gasteiger partial charge is 0.315 e. The molecule has 2 amide bonds. The third-order valence-electron chi connectivity index (χ3n) is 10.6. The zero-order valence-corrected chi connectivity index (χ0v) is 31.9. The summed E-state index contributed by atoms with van der Waals surface area (Å²) in [5.41, 5.74) is 0. The molecule has 1 aliphatic carbocycles. The van der Waals surface area contributed by atoms with Crippen LogP contribution in [0.5, 0.6) is 0 Å². The van der Waals surface area contributed by atoms with E-state index in [1.807, 2.05) is 6.92 Å². The summed E-state index contributed by atoms with van der Waals surface area (Å²) >= 11 is 0. The van der Waals surface area contributed by atoms with Gasteiger partial charge in [0.05, 0.1) is 30.5 Å².